The van der Waals surface area contributed by atoms with E-state index in [1.165, 1.54) is 10.6 Å². The second-order valence-electron chi connectivity index (χ2n) is 5.37. The van der Waals surface area contributed by atoms with Gasteiger partial charge in [0.2, 0.25) is 0 Å². The first-order chi connectivity index (χ1) is 8.49. The van der Waals surface area contributed by atoms with Crippen LogP contribution in [0.25, 0.3) is 0 Å². The number of hydrogen-bond acceptors (Lipinski definition) is 3. The Labute approximate surface area is 113 Å². The van der Waals surface area contributed by atoms with Gasteiger partial charge in [0.15, 0.2) is 0 Å². The maximum absolute atomic E-state index is 4.35. The normalized spacial score (nSPS) is 12.0. The van der Waals surface area contributed by atoms with Gasteiger partial charge in [-0.25, -0.2) is 0 Å². The summed E-state index contributed by atoms with van der Waals surface area (Å²) in [6.45, 7) is 8.42. The van der Waals surface area contributed by atoms with Gasteiger partial charge in [0.1, 0.15) is 0 Å². The van der Waals surface area contributed by atoms with Crippen molar-refractivity contribution < 1.29 is 0 Å². The Balaban J connectivity index is 1.91. The Bertz CT molecular complexity index is 497. The third-order valence-electron chi connectivity index (χ3n) is 3.16. The molecule has 2 aromatic heterocycles. The first kappa shape index (κ1) is 13.3. The van der Waals surface area contributed by atoms with Crippen molar-refractivity contribution in [2.24, 2.45) is 7.05 Å². The molecule has 0 radical (unpaired) electrons. The van der Waals surface area contributed by atoms with Crippen molar-refractivity contribution in [2.45, 2.75) is 32.7 Å². The lowest BCUT2D eigenvalue weighted by Crippen LogP contribution is -2.32. The molecule has 98 valence electrons. The maximum Gasteiger partial charge on any atom is 0.0597 e. The average Bonchev–Trinajstić information content (AvgIpc) is 2.89. The molecule has 0 aliphatic rings. The molecule has 0 unspecified atom stereocenters. The molecule has 0 saturated heterocycles. The molecule has 0 amide bonds. The van der Waals surface area contributed by atoms with Crippen molar-refractivity contribution in [3.05, 3.63) is 39.8 Å². The van der Waals surface area contributed by atoms with E-state index in [0.29, 0.717) is 0 Å². The van der Waals surface area contributed by atoms with Gasteiger partial charge >= 0.3 is 0 Å². The van der Waals surface area contributed by atoms with Gasteiger partial charge in [0.05, 0.1) is 11.4 Å². The highest BCUT2D eigenvalue weighted by atomic mass is 32.1. The summed E-state index contributed by atoms with van der Waals surface area (Å²) in [5.74, 6) is 0. The number of thiophene rings is 1. The fraction of sp³-hybridized carbons (Fsp3) is 0.500. The molecule has 0 aromatic carbocycles. The van der Waals surface area contributed by atoms with Crippen LogP contribution in [-0.4, -0.2) is 16.3 Å². The van der Waals surface area contributed by atoms with Crippen molar-refractivity contribution in [1.29, 1.82) is 0 Å². The van der Waals surface area contributed by atoms with Gasteiger partial charge in [0.25, 0.3) is 0 Å². The van der Waals surface area contributed by atoms with Crippen LogP contribution in [0.5, 0.6) is 0 Å². The molecular formula is C14H21N3S. The maximum atomic E-state index is 4.35. The molecule has 0 fully saturated rings. The molecule has 0 saturated carbocycles. The van der Waals surface area contributed by atoms with Gasteiger partial charge in [-0.2, -0.15) is 5.10 Å². The Morgan fingerprint density at radius 2 is 2.22 bits per heavy atom. The number of nitrogens with zero attached hydrogens (tertiary/aromatic N) is 2. The fourth-order valence-electron chi connectivity index (χ4n) is 2.08. The van der Waals surface area contributed by atoms with Gasteiger partial charge in [-0.3, -0.25) is 4.68 Å². The molecule has 2 aromatic rings. The second-order valence-corrected chi connectivity index (χ2v) is 6.31. The number of aryl methyl sites for hydroxylation is 2. The average molecular weight is 263 g/mol. The van der Waals surface area contributed by atoms with E-state index in [4.69, 9.17) is 0 Å². The van der Waals surface area contributed by atoms with Crippen LogP contribution in [-0.2, 0) is 19.0 Å². The SMILES string of the molecule is Cc1cc(CNCC(C)(C)c2cccs2)n(C)n1. The largest absolute Gasteiger partial charge is 0.310 e. The Hall–Kier alpha value is -1.13. The van der Waals surface area contributed by atoms with Crippen molar-refractivity contribution >= 4 is 11.3 Å². The molecule has 3 nitrogen and oxygen atoms in total. The topological polar surface area (TPSA) is 29.9 Å². The lowest BCUT2D eigenvalue weighted by atomic mass is 9.91. The van der Waals surface area contributed by atoms with Crippen LogP contribution in [0, 0.1) is 6.92 Å². The van der Waals surface area contributed by atoms with Crippen LogP contribution in [0.3, 0.4) is 0 Å². The predicted octanol–water partition coefficient (Wildman–Crippen LogP) is 2.86. The van der Waals surface area contributed by atoms with E-state index in [9.17, 15) is 0 Å². The second kappa shape index (κ2) is 5.24. The lowest BCUT2D eigenvalue weighted by Gasteiger charge is -2.23. The van der Waals surface area contributed by atoms with Crippen LogP contribution in [0.2, 0.25) is 0 Å². The van der Waals surface area contributed by atoms with Gasteiger partial charge < -0.3 is 5.32 Å². The van der Waals surface area contributed by atoms with Crippen molar-refractivity contribution in [1.82, 2.24) is 15.1 Å². The standard InChI is InChI=1S/C14H21N3S/c1-11-8-12(17(4)16-11)9-15-10-14(2,3)13-6-5-7-18-13/h5-8,15H,9-10H2,1-4H3. The van der Waals surface area contributed by atoms with Gasteiger partial charge in [-0.1, -0.05) is 19.9 Å². The predicted molar refractivity (Wildman–Crippen MR) is 77.0 cm³/mol. The minimum atomic E-state index is 0.182. The first-order valence-electron chi connectivity index (χ1n) is 6.23. The van der Waals surface area contributed by atoms with Crippen LogP contribution < -0.4 is 5.32 Å². The summed E-state index contributed by atoms with van der Waals surface area (Å²) in [6.07, 6.45) is 0. The van der Waals surface area contributed by atoms with E-state index in [1.807, 2.05) is 30.0 Å². The van der Waals surface area contributed by atoms with Crippen molar-refractivity contribution in [2.75, 3.05) is 6.54 Å². The number of nitrogens with one attached hydrogen (secondary N) is 1. The van der Waals surface area contributed by atoms with Crippen LogP contribution >= 0.6 is 11.3 Å². The number of rotatable bonds is 5. The molecular weight excluding hydrogens is 242 g/mol. The monoisotopic (exact) mass is 263 g/mol. The molecule has 4 heteroatoms. The summed E-state index contributed by atoms with van der Waals surface area (Å²) in [7, 11) is 1.99. The third-order valence-corrected chi connectivity index (χ3v) is 4.40. The smallest absolute Gasteiger partial charge is 0.0597 e. The first-order valence-corrected chi connectivity index (χ1v) is 7.11. The number of aromatic nitrogens is 2. The van der Waals surface area contributed by atoms with E-state index in [1.54, 1.807) is 0 Å². The quantitative estimate of drug-likeness (QED) is 0.899. The summed E-state index contributed by atoms with van der Waals surface area (Å²) in [5, 5.41) is 10.0. The highest BCUT2D eigenvalue weighted by Crippen LogP contribution is 2.26. The molecule has 0 aliphatic heterocycles. The highest BCUT2D eigenvalue weighted by molar-refractivity contribution is 7.10. The molecule has 18 heavy (non-hydrogen) atoms. The summed E-state index contributed by atoms with van der Waals surface area (Å²) in [5.41, 5.74) is 2.49. The van der Waals surface area contributed by atoms with Gasteiger partial charge in [0, 0.05) is 30.4 Å². The molecule has 1 N–H and O–H groups in total. The number of hydrogen-bond donors (Lipinski definition) is 1. The minimum Gasteiger partial charge on any atom is -0.310 e. The summed E-state index contributed by atoms with van der Waals surface area (Å²) in [4.78, 5) is 1.43. The summed E-state index contributed by atoms with van der Waals surface area (Å²) in [6, 6.07) is 6.46. The van der Waals surface area contributed by atoms with E-state index >= 15 is 0 Å². The summed E-state index contributed by atoms with van der Waals surface area (Å²) >= 11 is 1.83. The zero-order valence-corrected chi connectivity index (χ0v) is 12.3. The van der Waals surface area contributed by atoms with E-state index < -0.39 is 0 Å². The lowest BCUT2D eigenvalue weighted by molar-refractivity contribution is 0.469. The highest BCUT2D eigenvalue weighted by Gasteiger charge is 2.21. The van der Waals surface area contributed by atoms with E-state index in [-0.39, 0.29) is 5.41 Å². The van der Waals surface area contributed by atoms with Crippen LogP contribution in [0.4, 0.5) is 0 Å². The van der Waals surface area contributed by atoms with Gasteiger partial charge in [-0.05, 0) is 24.4 Å². The Kier molecular flexibility index (Phi) is 3.88. The van der Waals surface area contributed by atoms with Crippen molar-refractivity contribution in [3.8, 4) is 0 Å². The van der Waals surface area contributed by atoms with Gasteiger partial charge in [-0.15, -0.1) is 11.3 Å². The van der Waals surface area contributed by atoms with E-state index in [0.717, 1.165) is 18.8 Å². The summed E-state index contributed by atoms with van der Waals surface area (Å²) < 4.78 is 1.94. The van der Waals surface area contributed by atoms with Crippen molar-refractivity contribution in [3.63, 3.8) is 0 Å². The third kappa shape index (κ3) is 3.00. The van der Waals surface area contributed by atoms with E-state index in [2.05, 4.69) is 47.8 Å². The Morgan fingerprint density at radius 3 is 2.78 bits per heavy atom. The zero-order valence-electron chi connectivity index (χ0n) is 11.5. The minimum absolute atomic E-state index is 0.182. The zero-order chi connectivity index (χ0) is 13.2. The molecule has 0 aliphatic carbocycles. The Morgan fingerprint density at radius 1 is 1.44 bits per heavy atom. The van der Waals surface area contributed by atoms with Crippen LogP contribution in [0.1, 0.15) is 30.1 Å². The van der Waals surface area contributed by atoms with Crippen LogP contribution in [0.15, 0.2) is 23.6 Å². The molecule has 0 bridgehead atoms. The molecule has 2 rings (SSSR count). The molecule has 2 heterocycles. The molecule has 0 spiro atoms. The fourth-order valence-corrected chi connectivity index (χ4v) is 2.94. The molecule has 0 atom stereocenters.